The van der Waals surface area contributed by atoms with Gasteiger partial charge in [0.1, 0.15) is 0 Å². The lowest BCUT2D eigenvalue weighted by molar-refractivity contribution is 0.639. The predicted octanol–water partition coefficient (Wildman–Crippen LogP) is 4.31. The number of rotatable bonds is 5. The van der Waals surface area contributed by atoms with Gasteiger partial charge in [-0.3, -0.25) is 0 Å². The lowest BCUT2D eigenvalue weighted by Crippen LogP contribution is -2.15. The zero-order chi connectivity index (χ0) is 14.2. The van der Waals surface area contributed by atoms with Crippen LogP contribution >= 0.6 is 0 Å². The monoisotopic (exact) mass is 278 g/mol. The maximum Gasteiger partial charge on any atom is 0.0491 e. The highest BCUT2D eigenvalue weighted by molar-refractivity contribution is 6.08. The van der Waals surface area contributed by atoms with Crippen LogP contribution in [-0.2, 0) is 13.1 Å². The molecule has 4 rings (SSSR count). The van der Waals surface area contributed by atoms with Crippen LogP contribution < -0.4 is 5.32 Å². The Labute approximate surface area is 125 Å². The molecule has 0 bridgehead atoms. The highest BCUT2D eigenvalue weighted by atomic mass is 15.0. The van der Waals surface area contributed by atoms with Gasteiger partial charge in [0.25, 0.3) is 0 Å². The Kier molecular flexibility index (Phi) is 3.19. The number of nitrogens with one attached hydrogen (secondary N) is 1. The third-order valence-corrected chi connectivity index (χ3v) is 4.61. The van der Waals surface area contributed by atoms with Crippen molar-refractivity contribution < 1.29 is 0 Å². The molecule has 1 aromatic heterocycles. The van der Waals surface area contributed by atoms with E-state index in [0.717, 1.165) is 19.0 Å². The fraction of sp³-hybridized carbons (Fsp3) is 0.368. The Morgan fingerprint density at radius 2 is 1.86 bits per heavy atom. The first-order valence-electron chi connectivity index (χ1n) is 8.07. The van der Waals surface area contributed by atoms with Crippen LogP contribution in [0.3, 0.4) is 0 Å². The number of aromatic nitrogens is 1. The second kappa shape index (κ2) is 5.19. The molecule has 1 fully saturated rings. The second-order valence-corrected chi connectivity index (χ2v) is 6.19. The summed E-state index contributed by atoms with van der Waals surface area (Å²) in [6.45, 7) is 5.40. The highest BCUT2D eigenvalue weighted by Gasteiger charge is 2.20. The minimum absolute atomic E-state index is 0.940. The number of para-hydroxylation sites is 1. The summed E-state index contributed by atoms with van der Waals surface area (Å²) in [6.07, 6.45) is 2.83. The minimum Gasteiger partial charge on any atom is -0.341 e. The van der Waals surface area contributed by atoms with Crippen molar-refractivity contribution in [1.29, 1.82) is 0 Å². The first-order valence-corrected chi connectivity index (χ1v) is 8.07. The summed E-state index contributed by atoms with van der Waals surface area (Å²) in [4.78, 5) is 0. The van der Waals surface area contributed by atoms with Gasteiger partial charge in [-0.15, -0.1) is 0 Å². The fourth-order valence-corrected chi connectivity index (χ4v) is 3.29. The molecule has 2 nitrogen and oxygen atoms in total. The standard InChI is InChI=1S/C19H22N2/c1-2-21-18-6-4-3-5-16(18)17-11-15(9-10-19(17)21)13-20-12-14-7-8-14/h3-6,9-11,14,20H,2,7-8,12-13H2,1H3. The molecule has 0 aliphatic heterocycles. The molecule has 0 spiro atoms. The van der Waals surface area contributed by atoms with Crippen LogP contribution in [-0.4, -0.2) is 11.1 Å². The van der Waals surface area contributed by atoms with Crippen molar-refractivity contribution in [3.8, 4) is 0 Å². The molecule has 2 heteroatoms. The molecule has 1 aliphatic carbocycles. The van der Waals surface area contributed by atoms with Crippen molar-refractivity contribution in [1.82, 2.24) is 9.88 Å². The molecule has 1 aliphatic rings. The van der Waals surface area contributed by atoms with E-state index in [1.165, 1.54) is 46.8 Å². The number of fused-ring (bicyclic) bond motifs is 3. The zero-order valence-electron chi connectivity index (χ0n) is 12.6. The van der Waals surface area contributed by atoms with E-state index in [1.54, 1.807) is 0 Å². The van der Waals surface area contributed by atoms with Crippen molar-refractivity contribution in [2.24, 2.45) is 5.92 Å². The number of nitrogens with zero attached hydrogens (tertiary/aromatic N) is 1. The average Bonchev–Trinajstić information content (AvgIpc) is 3.28. The van der Waals surface area contributed by atoms with E-state index in [1.807, 2.05) is 0 Å². The summed E-state index contributed by atoms with van der Waals surface area (Å²) in [6, 6.07) is 15.7. The van der Waals surface area contributed by atoms with Gasteiger partial charge in [0.15, 0.2) is 0 Å². The van der Waals surface area contributed by atoms with Crippen molar-refractivity contribution in [3.05, 3.63) is 48.0 Å². The molecule has 108 valence electrons. The molecule has 3 aromatic rings. The van der Waals surface area contributed by atoms with Crippen LogP contribution in [0.5, 0.6) is 0 Å². The first-order chi connectivity index (χ1) is 10.4. The van der Waals surface area contributed by atoms with Crippen LogP contribution in [0.1, 0.15) is 25.3 Å². The zero-order valence-corrected chi connectivity index (χ0v) is 12.6. The van der Waals surface area contributed by atoms with Gasteiger partial charge < -0.3 is 9.88 Å². The third kappa shape index (κ3) is 2.34. The predicted molar refractivity (Wildman–Crippen MR) is 89.5 cm³/mol. The third-order valence-electron chi connectivity index (χ3n) is 4.61. The smallest absolute Gasteiger partial charge is 0.0491 e. The molecule has 0 atom stereocenters. The van der Waals surface area contributed by atoms with Gasteiger partial charge in [0.2, 0.25) is 0 Å². The van der Waals surface area contributed by atoms with Crippen molar-refractivity contribution >= 4 is 21.8 Å². The molecule has 0 amide bonds. The second-order valence-electron chi connectivity index (χ2n) is 6.19. The van der Waals surface area contributed by atoms with E-state index in [4.69, 9.17) is 0 Å². The maximum absolute atomic E-state index is 3.59. The fourth-order valence-electron chi connectivity index (χ4n) is 3.29. The Balaban J connectivity index is 1.73. The van der Waals surface area contributed by atoms with Crippen LogP contribution in [0, 0.1) is 5.92 Å². The molecule has 2 aromatic carbocycles. The molecular weight excluding hydrogens is 256 g/mol. The normalized spacial score (nSPS) is 15.1. The average molecular weight is 278 g/mol. The number of hydrogen-bond donors (Lipinski definition) is 1. The van der Waals surface area contributed by atoms with Gasteiger partial charge in [-0.2, -0.15) is 0 Å². The van der Waals surface area contributed by atoms with Crippen molar-refractivity contribution in [2.45, 2.75) is 32.9 Å². The quantitative estimate of drug-likeness (QED) is 0.735. The van der Waals surface area contributed by atoms with Crippen LogP contribution in [0.25, 0.3) is 21.8 Å². The Morgan fingerprint density at radius 3 is 2.67 bits per heavy atom. The highest BCUT2D eigenvalue weighted by Crippen LogP contribution is 2.30. The van der Waals surface area contributed by atoms with Crippen LogP contribution in [0.4, 0.5) is 0 Å². The van der Waals surface area contributed by atoms with E-state index in [2.05, 4.69) is 59.3 Å². The largest absolute Gasteiger partial charge is 0.341 e. The lowest BCUT2D eigenvalue weighted by atomic mass is 10.1. The van der Waals surface area contributed by atoms with Gasteiger partial charge in [-0.25, -0.2) is 0 Å². The Morgan fingerprint density at radius 1 is 1.05 bits per heavy atom. The van der Waals surface area contributed by atoms with Gasteiger partial charge in [-0.05, 0) is 56.0 Å². The Bertz CT molecular complexity index is 781. The molecule has 0 radical (unpaired) electrons. The van der Waals surface area contributed by atoms with E-state index >= 15 is 0 Å². The van der Waals surface area contributed by atoms with Gasteiger partial charge >= 0.3 is 0 Å². The summed E-state index contributed by atoms with van der Waals surface area (Å²) in [5.74, 6) is 0.940. The topological polar surface area (TPSA) is 17.0 Å². The summed E-state index contributed by atoms with van der Waals surface area (Å²) < 4.78 is 2.41. The lowest BCUT2D eigenvalue weighted by Gasteiger charge is -2.06. The van der Waals surface area contributed by atoms with Gasteiger partial charge in [0, 0.05) is 34.9 Å². The minimum atomic E-state index is 0.940. The molecule has 0 unspecified atom stereocenters. The number of benzene rings is 2. The molecule has 1 heterocycles. The van der Waals surface area contributed by atoms with E-state index in [9.17, 15) is 0 Å². The van der Waals surface area contributed by atoms with Crippen molar-refractivity contribution in [2.75, 3.05) is 6.54 Å². The molecular formula is C19H22N2. The van der Waals surface area contributed by atoms with Gasteiger partial charge in [0.05, 0.1) is 0 Å². The molecule has 21 heavy (non-hydrogen) atoms. The molecule has 1 N–H and O–H groups in total. The maximum atomic E-state index is 3.59. The van der Waals surface area contributed by atoms with E-state index in [0.29, 0.717) is 0 Å². The summed E-state index contributed by atoms with van der Waals surface area (Å²) in [5, 5.41) is 6.35. The SMILES string of the molecule is CCn1c2ccccc2c2cc(CNCC3CC3)ccc21. The van der Waals surface area contributed by atoms with E-state index < -0.39 is 0 Å². The summed E-state index contributed by atoms with van der Waals surface area (Å²) in [7, 11) is 0. The van der Waals surface area contributed by atoms with Crippen molar-refractivity contribution in [3.63, 3.8) is 0 Å². The van der Waals surface area contributed by atoms with Gasteiger partial charge in [-0.1, -0.05) is 24.3 Å². The number of hydrogen-bond acceptors (Lipinski definition) is 1. The molecule has 0 saturated heterocycles. The Hall–Kier alpha value is -1.80. The molecule has 1 saturated carbocycles. The van der Waals surface area contributed by atoms with E-state index in [-0.39, 0.29) is 0 Å². The first kappa shape index (κ1) is 12.9. The summed E-state index contributed by atoms with van der Waals surface area (Å²) in [5.41, 5.74) is 4.09. The number of aryl methyl sites for hydroxylation is 1. The summed E-state index contributed by atoms with van der Waals surface area (Å²) >= 11 is 0. The van der Waals surface area contributed by atoms with Crippen LogP contribution in [0.2, 0.25) is 0 Å². The van der Waals surface area contributed by atoms with Crippen LogP contribution in [0.15, 0.2) is 42.5 Å².